The molecule has 2 atom stereocenters. The molecule has 3 nitrogen and oxygen atoms in total. The Hall–Kier alpha value is -0.830. The van der Waals surface area contributed by atoms with Crippen LogP contribution >= 0.6 is 0 Å². The molecule has 0 aliphatic rings. The number of imidazole rings is 1. The van der Waals surface area contributed by atoms with E-state index in [0.29, 0.717) is 12.0 Å². The predicted molar refractivity (Wildman–Crippen MR) is 68.2 cm³/mol. The fourth-order valence-electron chi connectivity index (χ4n) is 1.69. The summed E-state index contributed by atoms with van der Waals surface area (Å²) in [7, 11) is 2.05. The van der Waals surface area contributed by atoms with Crippen LogP contribution in [0.25, 0.3) is 0 Å². The molecule has 0 bridgehead atoms. The molecule has 1 rings (SSSR count). The Labute approximate surface area is 99.3 Å². The van der Waals surface area contributed by atoms with Crippen molar-refractivity contribution in [3.05, 3.63) is 18.2 Å². The molecule has 1 heterocycles. The van der Waals surface area contributed by atoms with Crippen molar-refractivity contribution < 1.29 is 0 Å². The standard InChI is InChI=1S/C13H25N3/c1-6-12(13-14-7-8-16(13)5)15-9-11(4)10(2)3/h7-8,10-12,15H,6,9H2,1-5H3. The summed E-state index contributed by atoms with van der Waals surface area (Å²) in [4.78, 5) is 4.41. The predicted octanol–water partition coefficient (Wildman–Crippen LogP) is 2.75. The topological polar surface area (TPSA) is 29.9 Å². The fourth-order valence-corrected chi connectivity index (χ4v) is 1.69. The van der Waals surface area contributed by atoms with Crippen LogP contribution in [-0.4, -0.2) is 16.1 Å². The summed E-state index contributed by atoms with van der Waals surface area (Å²) in [6, 6.07) is 0.376. The lowest BCUT2D eigenvalue weighted by molar-refractivity contribution is 0.358. The first-order valence-corrected chi connectivity index (χ1v) is 6.26. The summed E-state index contributed by atoms with van der Waals surface area (Å²) in [5.41, 5.74) is 0. The molecule has 0 radical (unpaired) electrons. The Morgan fingerprint density at radius 3 is 2.50 bits per heavy atom. The van der Waals surface area contributed by atoms with E-state index in [-0.39, 0.29) is 0 Å². The van der Waals surface area contributed by atoms with Crippen LogP contribution in [-0.2, 0) is 7.05 Å². The average molecular weight is 223 g/mol. The molecule has 0 aromatic carbocycles. The van der Waals surface area contributed by atoms with E-state index in [1.807, 2.05) is 12.4 Å². The maximum Gasteiger partial charge on any atom is 0.125 e. The maximum atomic E-state index is 4.41. The summed E-state index contributed by atoms with van der Waals surface area (Å²) in [5, 5.41) is 3.61. The normalized spacial score (nSPS) is 15.4. The van der Waals surface area contributed by atoms with E-state index in [4.69, 9.17) is 0 Å². The highest BCUT2D eigenvalue weighted by Crippen LogP contribution is 2.15. The Kier molecular flexibility index (Phi) is 5.00. The highest BCUT2D eigenvalue weighted by molar-refractivity contribution is 4.98. The number of hydrogen-bond donors (Lipinski definition) is 1. The van der Waals surface area contributed by atoms with Gasteiger partial charge in [-0.1, -0.05) is 27.7 Å². The third-order valence-corrected chi connectivity index (χ3v) is 3.40. The second kappa shape index (κ2) is 6.04. The molecule has 0 aliphatic heterocycles. The van der Waals surface area contributed by atoms with Gasteiger partial charge in [0.2, 0.25) is 0 Å². The van der Waals surface area contributed by atoms with Crippen molar-refractivity contribution in [3.63, 3.8) is 0 Å². The van der Waals surface area contributed by atoms with Crippen LogP contribution in [0.3, 0.4) is 0 Å². The molecule has 1 N–H and O–H groups in total. The molecule has 0 spiro atoms. The van der Waals surface area contributed by atoms with Gasteiger partial charge < -0.3 is 9.88 Å². The van der Waals surface area contributed by atoms with Gasteiger partial charge in [0.05, 0.1) is 6.04 Å². The molecule has 0 saturated heterocycles. The van der Waals surface area contributed by atoms with E-state index in [2.05, 4.69) is 49.6 Å². The summed E-state index contributed by atoms with van der Waals surface area (Å²) in [6.45, 7) is 10.1. The third-order valence-electron chi connectivity index (χ3n) is 3.40. The zero-order chi connectivity index (χ0) is 12.1. The van der Waals surface area contributed by atoms with Gasteiger partial charge in [-0.25, -0.2) is 4.98 Å². The zero-order valence-electron chi connectivity index (χ0n) is 11.2. The first kappa shape index (κ1) is 13.2. The summed E-state index contributed by atoms with van der Waals surface area (Å²) >= 11 is 0. The third kappa shape index (κ3) is 3.34. The van der Waals surface area contributed by atoms with Gasteiger partial charge in [0.1, 0.15) is 5.82 Å². The first-order valence-electron chi connectivity index (χ1n) is 6.26. The number of aryl methyl sites for hydroxylation is 1. The molecule has 0 aliphatic carbocycles. The minimum Gasteiger partial charge on any atom is -0.337 e. The van der Waals surface area contributed by atoms with Crippen molar-refractivity contribution in [1.29, 1.82) is 0 Å². The summed E-state index contributed by atoms with van der Waals surface area (Å²) in [5.74, 6) is 2.57. The fraction of sp³-hybridized carbons (Fsp3) is 0.769. The van der Waals surface area contributed by atoms with Crippen molar-refractivity contribution >= 4 is 0 Å². The molecule has 16 heavy (non-hydrogen) atoms. The lowest BCUT2D eigenvalue weighted by Crippen LogP contribution is -2.29. The molecule has 92 valence electrons. The lowest BCUT2D eigenvalue weighted by Gasteiger charge is -2.21. The summed E-state index contributed by atoms with van der Waals surface area (Å²) < 4.78 is 2.10. The quantitative estimate of drug-likeness (QED) is 0.803. The number of nitrogens with one attached hydrogen (secondary N) is 1. The minimum absolute atomic E-state index is 0.376. The molecule has 0 amide bonds. The van der Waals surface area contributed by atoms with Crippen molar-refractivity contribution in [2.45, 2.75) is 40.2 Å². The molecule has 1 aromatic rings. The van der Waals surface area contributed by atoms with Crippen molar-refractivity contribution in [2.75, 3.05) is 6.54 Å². The lowest BCUT2D eigenvalue weighted by atomic mass is 9.98. The summed E-state index contributed by atoms with van der Waals surface area (Å²) in [6.07, 6.45) is 4.95. The largest absolute Gasteiger partial charge is 0.337 e. The monoisotopic (exact) mass is 223 g/mol. The highest BCUT2D eigenvalue weighted by atomic mass is 15.1. The van der Waals surface area contributed by atoms with Crippen LogP contribution in [0.2, 0.25) is 0 Å². The Morgan fingerprint density at radius 2 is 2.06 bits per heavy atom. The van der Waals surface area contributed by atoms with Crippen LogP contribution in [0.5, 0.6) is 0 Å². The minimum atomic E-state index is 0.376. The van der Waals surface area contributed by atoms with E-state index >= 15 is 0 Å². The number of rotatable bonds is 6. The molecular formula is C13H25N3. The molecule has 0 saturated carbocycles. The first-order chi connectivity index (χ1) is 7.56. The van der Waals surface area contributed by atoms with Gasteiger partial charge in [-0.2, -0.15) is 0 Å². The Balaban J connectivity index is 2.54. The number of aromatic nitrogens is 2. The molecule has 0 fully saturated rings. The van der Waals surface area contributed by atoms with Crippen LogP contribution < -0.4 is 5.32 Å². The SMILES string of the molecule is CCC(NCC(C)C(C)C)c1nccn1C. The van der Waals surface area contributed by atoms with Crippen molar-refractivity contribution in [2.24, 2.45) is 18.9 Å². The van der Waals surface area contributed by atoms with E-state index < -0.39 is 0 Å². The van der Waals surface area contributed by atoms with Gasteiger partial charge in [0.25, 0.3) is 0 Å². The second-order valence-corrected chi connectivity index (χ2v) is 4.99. The van der Waals surface area contributed by atoms with Crippen molar-refractivity contribution in [3.8, 4) is 0 Å². The smallest absolute Gasteiger partial charge is 0.125 e. The van der Waals surface area contributed by atoms with Crippen LogP contribution in [0.1, 0.15) is 46.0 Å². The van der Waals surface area contributed by atoms with Crippen LogP contribution in [0.15, 0.2) is 12.4 Å². The molecule has 2 unspecified atom stereocenters. The van der Waals surface area contributed by atoms with E-state index in [1.165, 1.54) is 0 Å². The van der Waals surface area contributed by atoms with E-state index in [0.717, 1.165) is 24.7 Å². The van der Waals surface area contributed by atoms with Gasteiger partial charge in [-0.3, -0.25) is 0 Å². The zero-order valence-corrected chi connectivity index (χ0v) is 11.2. The average Bonchev–Trinajstić information content (AvgIpc) is 2.65. The van der Waals surface area contributed by atoms with Crippen LogP contribution in [0.4, 0.5) is 0 Å². The van der Waals surface area contributed by atoms with E-state index in [9.17, 15) is 0 Å². The van der Waals surface area contributed by atoms with Gasteiger partial charge in [-0.15, -0.1) is 0 Å². The van der Waals surface area contributed by atoms with Gasteiger partial charge in [0, 0.05) is 19.4 Å². The molecular weight excluding hydrogens is 198 g/mol. The molecule has 3 heteroatoms. The van der Waals surface area contributed by atoms with Gasteiger partial charge in [-0.05, 0) is 24.8 Å². The van der Waals surface area contributed by atoms with Gasteiger partial charge in [0.15, 0.2) is 0 Å². The number of nitrogens with zero attached hydrogens (tertiary/aromatic N) is 2. The second-order valence-electron chi connectivity index (χ2n) is 4.99. The molecule has 1 aromatic heterocycles. The van der Waals surface area contributed by atoms with Crippen LogP contribution in [0, 0.1) is 11.8 Å². The van der Waals surface area contributed by atoms with Crippen molar-refractivity contribution in [1.82, 2.24) is 14.9 Å². The highest BCUT2D eigenvalue weighted by Gasteiger charge is 2.15. The Morgan fingerprint density at radius 1 is 1.38 bits per heavy atom. The maximum absolute atomic E-state index is 4.41. The number of hydrogen-bond acceptors (Lipinski definition) is 2. The van der Waals surface area contributed by atoms with Gasteiger partial charge >= 0.3 is 0 Å². The van der Waals surface area contributed by atoms with E-state index in [1.54, 1.807) is 0 Å². The Bertz CT molecular complexity index is 304.